The predicted octanol–water partition coefficient (Wildman–Crippen LogP) is 2.90. The number of ether oxygens (including phenoxy) is 1. The number of hydrogen-bond donors (Lipinski definition) is 0. The fraction of sp³-hybridized carbons (Fsp3) is 0.769. The topological polar surface area (TPSA) is 61.2 Å². The van der Waals surface area contributed by atoms with E-state index < -0.39 is 9.05 Å². The number of rotatable bonds is 7. The standard InChI is InChI=1S/C13H23ClN2O3S/c1-5-6-16-8-12(7-15-16)19-9-11(13(2,3)4)10-20(14,17)18/h7-8,11H,5-6,9-10H2,1-4H3. The van der Waals surface area contributed by atoms with E-state index in [4.69, 9.17) is 15.4 Å². The van der Waals surface area contributed by atoms with Crippen molar-refractivity contribution < 1.29 is 13.2 Å². The third-order valence-corrected chi connectivity index (χ3v) is 4.32. The third-order valence-electron chi connectivity index (χ3n) is 3.14. The molecule has 7 heteroatoms. The van der Waals surface area contributed by atoms with Gasteiger partial charge in [0.2, 0.25) is 9.05 Å². The van der Waals surface area contributed by atoms with Gasteiger partial charge in [-0.15, -0.1) is 0 Å². The summed E-state index contributed by atoms with van der Waals surface area (Å²) in [5.74, 6) is 0.375. The molecule has 0 aliphatic carbocycles. The molecule has 1 rings (SSSR count). The van der Waals surface area contributed by atoms with Gasteiger partial charge in [0.25, 0.3) is 0 Å². The van der Waals surface area contributed by atoms with Gasteiger partial charge < -0.3 is 4.74 Å². The van der Waals surface area contributed by atoms with Crippen molar-refractivity contribution in [2.45, 2.75) is 40.7 Å². The van der Waals surface area contributed by atoms with Gasteiger partial charge in [0.1, 0.15) is 0 Å². The van der Waals surface area contributed by atoms with Gasteiger partial charge in [-0.3, -0.25) is 4.68 Å². The number of nitrogens with zero attached hydrogens (tertiary/aromatic N) is 2. The Kier molecular flexibility index (Phi) is 5.89. The minimum Gasteiger partial charge on any atom is -0.490 e. The molecule has 0 saturated carbocycles. The van der Waals surface area contributed by atoms with Crippen LogP contribution in [0.4, 0.5) is 0 Å². The van der Waals surface area contributed by atoms with Gasteiger partial charge in [-0.05, 0) is 11.8 Å². The van der Waals surface area contributed by atoms with Gasteiger partial charge in [-0.2, -0.15) is 5.10 Å². The molecule has 1 aromatic rings. The molecule has 116 valence electrons. The summed E-state index contributed by atoms with van der Waals surface area (Å²) in [4.78, 5) is 0. The summed E-state index contributed by atoms with van der Waals surface area (Å²) < 4.78 is 30.0. The van der Waals surface area contributed by atoms with Crippen molar-refractivity contribution in [2.24, 2.45) is 11.3 Å². The van der Waals surface area contributed by atoms with Crippen molar-refractivity contribution in [1.29, 1.82) is 0 Å². The van der Waals surface area contributed by atoms with Crippen LogP contribution >= 0.6 is 10.7 Å². The number of halogens is 1. The fourth-order valence-corrected chi connectivity index (χ4v) is 3.29. The fourth-order valence-electron chi connectivity index (χ4n) is 1.76. The van der Waals surface area contributed by atoms with E-state index in [0.29, 0.717) is 12.4 Å². The van der Waals surface area contributed by atoms with Crippen molar-refractivity contribution >= 4 is 19.7 Å². The molecule has 0 fully saturated rings. The maximum Gasteiger partial charge on any atom is 0.233 e. The van der Waals surface area contributed by atoms with E-state index >= 15 is 0 Å². The number of aromatic nitrogens is 2. The van der Waals surface area contributed by atoms with E-state index in [1.807, 2.05) is 27.0 Å². The van der Waals surface area contributed by atoms with Crippen LogP contribution in [0.5, 0.6) is 5.75 Å². The minimum atomic E-state index is -3.54. The Hall–Kier alpha value is -0.750. The first-order valence-electron chi connectivity index (χ1n) is 6.69. The Bertz CT molecular complexity index is 520. The summed E-state index contributed by atoms with van der Waals surface area (Å²) in [6.45, 7) is 9.13. The highest BCUT2D eigenvalue weighted by Gasteiger charge is 2.29. The Morgan fingerprint density at radius 3 is 2.60 bits per heavy atom. The monoisotopic (exact) mass is 322 g/mol. The van der Waals surface area contributed by atoms with Crippen molar-refractivity contribution in [3.63, 3.8) is 0 Å². The Labute approximate surface area is 125 Å². The summed E-state index contributed by atoms with van der Waals surface area (Å²) in [7, 11) is 1.82. The molecule has 0 spiro atoms. The molecular formula is C13H23ClN2O3S. The lowest BCUT2D eigenvalue weighted by Gasteiger charge is -2.29. The molecule has 20 heavy (non-hydrogen) atoms. The first kappa shape index (κ1) is 17.3. The van der Waals surface area contributed by atoms with Crippen molar-refractivity contribution in [2.75, 3.05) is 12.4 Å². The Balaban J connectivity index is 2.66. The second-order valence-electron chi connectivity index (χ2n) is 6.02. The van der Waals surface area contributed by atoms with E-state index in [1.54, 1.807) is 10.9 Å². The van der Waals surface area contributed by atoms with E-state index in [-0.39, 0.29) is 17.1 Å². The molecule has 0 aromatic carbocycles. The number of aryl methyl sites for hydroxylation is 1. The third kappa shape index (κ3) is 6.13. The van der Waals surface area contributed by atoms with Crippen molar-refractivity contribution in [3.05, 3.63) is 12.4 Å². The molecule has 1 atom stereocenters. The maximum absolute atomic E-state index is 11.3. The molecule has 0 aliphatic rings. The second kappa shape index (κ2) is 6.80. The second-order valence-corrected chi connectivity index (χ2v) is 8.84. The highest BCUT2D eigenvalue weighted by Crippen LogP contribution is 2.29. The quantitative estimate of drug-likeness (QED) is 0.724. The maximum atomic E-state index is 11.3. The minimum absolute atomic E-state index is 0.0961. The van der Waals surface area contributed by atoms with Crippen LogP contribution in [0.25, 0.3) is 0 Å². The van der Waals surface area contributed by atoms with Crippen LogP contribution in [-0.4, -0.2) is 30.6 Å². The Morgan fingerprint density at radius 1 is 1.45 bits per heavy atom. The predicted molar refractivity (Wildman–Crippen MR) is 80.6 cm³/mol. The van der Waals surface area contributed by atoms with Crippen molar-refractivity contribution in [1.82, 2.24) is 9.78 Å². The first-order chi connectivity index (χ1) is 9.12. The molecule has 0 N–H and O–H groups in total. The molecular weight excluding hydrogens is 300 g/mol. The zero-order valence-corrected chi connectivity index (χ0v) is 14.0. The van der Waals surface area contributed by atoms with Gasteiger partial charge in [0, 0.05) is 23.1 Å². The molecule has 0 amide bonds. The van der Waals surface area contributed by atoms with E-state index in [2.05, 4.69) is 12.0 Å². The summed E-state index contributed by atoms with van der Waals surface area (Å²) in [6, 6.07) is 0. The SMILES string of the molecule is CCCn1cc(OCC(CS(=O)(=O)Cl)C(C)(C)C)cn1. The van der Waals surface area contributed by atoms with Crippen molar-refractivity contribution in [3.8, 4) is 5.75 Å². The van der Waals surface area contributed by atoms with Crippen LogP contribution in [-0.2, 0) is 15.6 Å². The molecule has 1 aromatic heterocycles. The van der Waals surface area contributed by atoms with Gasteiger partial charge in [-0.25, -0.2) is 8.42 Å². The molecule has 0 aliphatic heterocycles. The smallest absolute Gasteiger partial charge is 0.233 e. The van der Waals surface area contributed by atoms with Crippen LogP contribution in [0.15, 0.2) is 12.4 Å². The van der Waals surface area contributed by atoms with Crippen LogP contribution in [0.1, 0.15) is 34.1 Å². The van der Waals surface area contributed by atoms with E-state index in [0.717, 1.165) is 13.0 Å². The molecule has 1 unspecified atom stereocenters. The van der Waals surface area contributed by atoms with E-state index in [9.17, 15) is 8.42 Å². The summed E-state index contributed by atoms with van der Waals surface area (Å²) in [5, 5.41) is 4.17. The summed E-state index contributed by atoms with van der Waals surface area (Å²) >= 11 is 0. The summed E-state index contributed by atoms with van der Waals surface area (Å²) in [5.41, 5.74) is -0.207. The van der Waals surface area contributed by atoms with Gasteiger partial charge in [-0.1, -0.05) is 27.7 Å². The highest BCUT2D eigenvalue weighted by atomic mass is 35.7. The molecule has 0 radical (unpaired) electrons. The molecule has 5 nitrogen and oxygen atoms in total. The summed E-state index contributed by atoms with van der Waals surface area (Å²) in [6.07, 6.45) is 4.46. The Morgan fingerprint density at radius 2 is 2.10 bits per heavy atom. The van der Waals surface area contributed by atoms with Crippen LogP contribution in [0.3, 0.4) is 0 Å². The molecule has 0 saturated heterocycles. The molecule has 1 heterocycles. The van der Waals surface area contributed by atoms with Gasteiger partial charge in [0.05, 0.1) is 24.8 Å². The average Bonchev–Trinajstić information content (AvgIpc) is 2.69. The molecule has 0 bridgehead atoms. The first-order valence-corrected chi connectivity index (χ1v) is 9.17. The van der Waals surface area contributed by atoms with Crippen LogP contribution < -0.4 is 4.74 Å². The van der Waals surface area contributed by atoms with E-state index in [1.165, 1.54) is 0 Å². The highest BCUT2D eigenvalue weighted by molar-refractivity contribution is 8.13. The average molecular weight is 323 g/mol. The van der Waals surface area contributed by atoms with Gasteiger partial charge in [0.15, 0.2) is 5.75 Å². The van der Waals surface area contributed by atoms with Gasteiger partial charge >= 0.3 is 0 Å². The largest absolute Gasteiger partial charge is 0.490 e. The zero-order chi connectivity index (χ0) is 15.4. The zero-order valence-electron chi connectivity index (χ0n) is 12.5. The lowest BCUT2D eigenvalue weighted by molar-refractivity contribution is 0.163. The van der Waals surface area contributed by atoms with Crippen LogP contribution in [0.2, 0.25) is 0 Å². The lowest BCUT2D eigenvalue weighted by Crippen LogP contribution is -2.31. The lowest BCUT2D eigenvalue weighted by atomic mass is 9.82. The number of hydrogen-bond acceptors (Lipinski definition) is 4. The van der Waals surface area contributed by atoms with Crippen LogP contribution in [0, 0.1) is 11.3 Å². The normalized spacial score (nSPS) is 14.2.